The summed E-state index contributed by atoms with van der Waals surface area (Å²) in [5.74, 6) is -0.931. The summed E-state index contributed by atoms with van der Waals surface area (Å²) in [5, 5.41) is 13.5. The number of anilines is 1. The van der Waals surface area contributed by atoms with Gasteiger partial charge in [-0.2, -0.15) is 0 Å². The van der Waals surface area contributed by atoms with Gasteiger partial charge < -0.3 is 10.1 Å². The summed E-state index contributed by atoms with van der Waals surface area (Å²) in [7, 11) is 1.31. The van der Waals surface area contributed by atoms with Crippen molar-refractivity contribution in [1.29, 1.82) is 0 Å². The Hall–Kier alpha value is -3.22. The summed E-state index contributed by atoms with van der Waals surface area (Å²) in [4.78, 5) is 33.7. The molecule has 0 unspecified atom stereocenters. The van der Waals surface area contributed by atoms with Crippen LogP contribution in [0.5, 0.6) is 0 Å². The highest BCUT2D eigenvalue weighted by atomic mass is 16.6. The molecule has 118 valence electrons. The maximum absolute atomic E-state index is 12.2. The van der Waals surface area contributed by atoms with Crippen molar-refractivity contribution in [3.63, 3.8) is 0 Å². The molecule has 0 bridgehead atoms. The predicted molar refractivity (Wildman–Crippen MR) is 83.2 cm³/mol. The Balaban J connectivity index is 2.12. The van der Waals surface area contributed by atoms with Gasteiger partial charge in [0.2, 0.25) is 0 Å². The van der Waals surface area contributed by atoms with E-state index in [1.54, 1.807) is 30.3 Å². The number of carbonyl (C=O) groups is 2. The highest BCUT2D eigenvalue weighted by Crippen LogP contribution is 2.19. The van der Waals surface area contributed by atoms with Gasteiger partial charge in [-0.15, -0.1) is 0 Å². The second-order valence-electron chi connectivity index (χ2n) is 4.68. The van der Waals surface area contributed by atoms with Gasteiger partial charge in [-0.3, -0.25) is 19.7 Å². The lowest BCUT2D eigenvalue weighted by Gasteiger charge is -2.07. The molecule has 0 aliphatic carbocycles. The first kappa shape index (κ1) is 16.2. The molecule has 0 heterocycles. The van der Waals surface area contributed by atoms with Crippen LogP contribution in [0.2, 0.25) is 0 Å². The van der Waals surface area contributed by atoms with E-state index in [9.17, 15) is 19.7 Å². The molecule has 0 aromatic heterocycles. The van der Waals surface area contributed by atoms with E-state index in [4.69, 9.17) is 0 Å². The monoisotopic (exact) mass is 314 g/mol. The number of nitro groups is 1. The summed E-state index contributed by atoms with van der Waals surface area (Å²) < 4.78 is 4.57. The number of nitrogens with one attached hydrogen (secondary N) is 1. The fourth-order valence-corrected chi connectivity index (χ4v) is 1.97. The fraction of sp³-hybridized carbons (Fsp3) is 0.125. The minimum Gasteiger partial charge on any atom is -0.469 e. The van der Waals surface area contributed by atoms with Crippen LogP contribution in [-0.4, -0.2) is 23.9 Å². The average molecular weight is 314 g/mol. The van der Waals surface area contributed by atoms with E-state index in [1.807, 2.05) is 0 Å². The predicted octanol–water partition coefficient (Wildman–Crippen LogP) is 2.56. The van der Waals surface area contributed by atoms with Crippen LogP contribution in [0, 0.1) is 10.1 Å². The molecule has 0 atom stereocenters. The number of rotatable bonds is 5. The fourth-order valence-electron chi connectivity index (χ4n) is 1.97. The quantitative estimate of drug-likeness (QED) is 0.519. The Morgan fingerprint density at radius 1 is 1.13 bits per heavy atom. The molecule has 0 fully saturated rings. The maximum atomic E-state index is 12.2. The number of amides is 1. The molecule has 2 rings (SSSR count). The number of para-hydroxylation sites is 1. The van der Waals surface area contributed by atoms with Crippen molar-refractivity contribution >= 4 is 23.3 Å². The lowest BCUT2D eigenvalue weighted by Crippen LogP contribution is -2.14. The van der Waals surface area contributed by atoms with Gasteiger partial charge in [-0.25, -0.2) is 0 Å². The number of methoxy groups -OCH3 is 1. The van der Waals surface area contributed by atoms with E-state index in [0.717, 1.165) is 5.56 Å². The number of benzene rings is 2. The first-order chi connectivity index (χ1) is 11.0. The van der Waals surface area contributed by atoms with Gasteiger partial charge in [0.25, 0.3) is 11.6 Å². The van der Waals surface area contributed by atoms with E-state index >= 15 is 0 Å². The zero-order valence-corrected chi connectivity index (χ0v) is 12.3. The smallest absolute Gasteiger partial charge is 0.309 e. The molecule has 0 saturated heterocycles. The zero-order valence-electron chi connectivity index (χ0n) is 12.3. The first-order valence-electron chi connectivity index (χ1n) is 6.72. The number of carbonyl (C=O) groups excluding carboxylic acids is 2. The molecular weight excluding hydrogens is 300 g/mol. The van der Waals surface area contributed by atoms with Crippen molar-refractivity contribution in [2.75, 3.05) is 12.4 Å². The molecule has 0 radical (unpaired) electrons. The third kappa shape index (κ3) is 4.13. The SMILES string of the molecule is COC(=O)Cc1ccc(NC(=O)c2ccccc2[N+](=O)[O-])cc1. The third-order valence-electron chi connectivity index (χ3n) is 3.13. The summed E-state index contributed by atoms with van der Waals surface area (Å²) >= 11 is 0. The van der Waals surface area contributed by atoms with Crippen LogP contribution < -0.4 is 5.32 Å². The maximum Gasteiger partial charge on any atom is 0.309 e. The van der Waals surface area contributed by atoms with Gasteiger partial charge in [0, 0.05) is 11.8 Å². The van der Waals surface area contributed by atoms with Crippen LogP contribution >= 0.6 is 0 Å². The van der Waals surface area contributed by atoms with Crippen LogP contribution in [0.4, 0.5) is 11.4 Å². The van der Waals surface area contributed by atoms with Gasteiger partial charge in [-0.1, -0.05) is 24.3 Å². The lowest BCUT2D eigenvalue weighted by molar-refractivity contribution is -0.385. The summed E-state index contributed by atoms with van der Waals surface area (Å²) in [6.07, 6.45) is 0.134. The van der Waals surface area contributed by atoms with E-state index in [2.05, 4.69) is 10.1 Å². The number of nitrogens with zero attached hydrogens (tertiary/aromatic N) is 1. The van der Waals surface area contributed by atoms with Crippen molar-refractivity contribution in [2.24, 2.45) is 0 Å². The molecule has 7 nitrogen and oxygen atoms in total. The standard InChI is InChI=1S/C16H14N2O5/c1-23-15(19)10-11-6-8-12(9-7-11)17-16(20)13-4-2-3-5-14(13)18(21)22/h2-9H,10H2,1H3,(H,17,20). The number of ether oxygens (including phenoxy) is 1. The number of hydrogen-bond donors (Lipinski definition) is 1. The van der Waals surface area contributed by atoms with Crippen LogP contribution in [0.1, 0.15) is 15.9 Å². The van der Waals surface area contributed by atoms with Crippen LogP contribution in [0.3, 0.4) is 0 Å². The number of hydrogen-bond acceptors (Lipinski definition) is 5. The van der Waals surface area contributed by atoms with Crippen molar-refractivity contribution in [3.8, 4) is 0 Å². The Labute approximate surface area is 132 Å². The van der Waals surface area contributed by atoms with Crippen molar-refractivity contribution < 1.29 is 19.2 Å². The topological polar surface area (TPSA) is 98.5 Å². The lowest BCUT2D eigenvalue weighted by atomic mass is 10.1. The second-order valence-corrected chi connectivity index (χ2v) is 4.68. The van der Waals surface area contributed by atoms with E-state index < -0.39 is 10.8 Å². The second kappa shape index (κ2) is 7.17. The van der Waals surface area contributed by atoms with Crippen molar-refractivity contribution in [3.05, 3.63) is 69.8 Å². The van der Waals surface area contributed by atoms with Gasteiger partial charge in [0.05, 0.1) is 18.5 Å². The molecule has 0 aliphatic rings. The first-order valence-corrected chi connectivity index (χ1v) is 6.72. The molecular formula is C16H14N2O5. The summed E-state index contributed by atoms with van der Waals surface area (Å²) in [5.41, 5.74) is 0.936. The van der Waals surface area contributed by atoms with Crippen LogP contribution in [0.25, 0.3) is 0 Å². The number of esters is 1. The molecule has 0 aliphatic heterocycles. The largest absolute Gasteiger partial charge is 0.469 e. The van der Waals surface area contributed by atoms with Crippen LogP contribution in [-0.2, 0) is 16.0 Å². The zero-order chi connectivity index (χ0) is 16.8. The highest BCUT2D eigenvalue weighted by molar-refractivity contribution is 6.07. The van der Waals surface area contributed by atoms with Gasteiger partial charge in [-0.05, 0) is 23.8 Å². The molecule has 0 saturated carbocycles. The van der Waals surface area contributed by atoms with Gasteiger partial charge in [0.15, 0.2) is 0 Å². The number of nitro benzene ring substituents is 1. The molecule has 23 heavy (non-hydrogen) atoms. The van der Waals surface area contributed by atoms with Crippen molar-refractivity contribution in [1.82, 2.24) is 0 Å². The molecule has 7 heteroatoms. The molecule has 2 aromatic carbocycles. The Kier molecular flexibility index (Phi) is 5.03. The Morgan fingerprint density at radius 2 is 1.78 bits per heavy atom. The van der Waals surface area contributed by atoms with E-state index in [0.29, 0.717) is 5.69 Å². The molecule has 2 aromatic rings. The third-order valence-corrected chi connectivity index (χ3v) is 3.13. The van der Waals surface area contributed by atoms with Crippen molar-refractivity contribution in [2.45, 2.75) is 6.42 Å². The van der Waals surface area contributed by atoms with Gasteiger partial charge in [0.1, 0.15) is 5.56 Å². The summed E-state index contributed by atoms with van der Waals surface area (Å²) in [6, 6.07) is 12.3. The summed E-state index contributed by atoms with van der Waals surface area (Å²) in [6.45, 7) is 0. The van der Waals surface area contributed by atoms with Gasteiger partial charge >= 0.3 is 5.97 Å². The highest BCUT2D eigenvalue weighted by Gasteiger charge is 2.19. The molecule has 1 N–H and O–H groups in total. The van der Waals surface area contributed by atoms with E-state index in [1.165, 1.54) is 25.3 Å². The molecule has 1 amide bonds. The molecule has 0 spiro atoms. The normalized spacial score (nSPS) is 9.96. The van der Waals surface area contributed by atoms with E-state index in [-0.39, 0.29) is 23.6 Å². The Morgan fingerprint density at radius 3 is 2.39 bits per heavy atom. The Bertz CT molecular complexity index is 740. The minimum atomic E-state index is -0.603. The van der Waals surface area contributed by atoms with Crippen LogP contribution in [0.15, 0.2) is 48.5 Å². The average Bonchev–Trinajstić information content (AvgIpc) is 2.56. The minimum absolute atomic E-state index is 0.0175.